The Morgan fingerprint density at radius 1 is 0.958 bits per heavy atom. The van der Waals surface area contributed by atoms with Crippen LogP contribution in [0.15, 0.2) is 41.1 Å². The van der Waals surface area contributed by atoms with E-state index in [9.17, 15) is 9.59 Å². The minimum atomic E-state index is -0.222. The van der Waals surface area contributed by atoms with Crippen molar-refractivity contribution in [3.63, 3.8) is 0 Å². The molecule has 0 unspecified atom stereocenters. The second-order valence-electron chi connectivity index (χ2n) is 15.3. The Labute approximate surface area is 283 Å². The number of pyridine rings is 2. The summed E-state index contributed by atoms with van der Waals surface area (Å²) < 4.78 is 17.1. The number of nitrogens with zero attached hydrogens (tertiary/aromatic N) is 5. The van der Waals surface area contributed by atoms with Crippen LogP contribution in [0.4, 0.5) is 10.6 Å². The molecule has 4 fully saturated rings. The zero-order valence-electron chi connectivity index (χ0n) is 28.8. The molecule has 2 amide bonds. The van der Waals surface area contributed by atoms with Gasteiger partial charge >= 0.3 is 6.09 Å². The summed E-state index contributed by atoms with van der Waals surface area (Å²) in [7, 11) is 1.68. The Morgan fingerprint density at radius 3 is 2.35 bits per heavy atom. The van der Waals surface area contributed by atoms with Gasteiger partial charge in [-0.1, -0.05) is 13.8 Å². The molecule has 1 aliphatic heterocycles. The first-order valence-electron chi connectivity index (χ1n) is 17.9. The minimum Gasteiger partial charge on any atom is -0.495 e. The molecule has 3 aliphatic carbocycles. The summed E-state index contributed by atoms with van der Waals surface area (Å²) in [5, 5.41) is 0. The molecule has 10 nitrogen and oxygen atoms in total. The molecule has 4 aliphatic rings. The smallest absolute Gasteiger partial charge is 0.410 e. The number of methoxy groups -OCH3 is 1. The van der Waals surface area contributed by atoms with Crippen LogP contribution in [0.3, 0.4) is 0 Å². The van der Waals surface area contributed by atoms with E-state index in [1.165, 1.54) is 0 Å². The summed E-state index contributed by atoms with van der Waals surface area (Å²) in [4.78, 5) is 45.1. The first-order valence-corrected chi connectivity index (χ1v) is 17.9. The predicted molar refractivity (Wildman–Crippen MR) is 182 cm³/mol. The number of hydrogen-bond acceptors (Lipinski definition) is 8. The highest BCUT2D eigenvalue weighted by molar-refractivity contribution is 5.94. The maximum atomic E-state index is 14.4. The zero-order valence-corrected chi connectivity index (χ0v) is 28.8. The second-order valence-corrected chi connectivity index (χ2v) is 15.3. The van der Waals surface area contributed by atoms with E-state index in [1.54, 1.807) is 24.5 Å². The lowest BCUT2D eigenvalue weighted by molar-refractivity contribution is -0.124. The standard InChI is InChI=1S/C38H49N5O5/c1-24-33(46-4)16-15-31(40-24)26-7-5-25(6-8-26)20-43(34-19-29(17-18-39-34)32-21-47-35(41-32)27-9-10-27)36(44)28-11-13-30(14-12-28)48-37(45)42-22-38(2,3)23-42/h15-19,21,25-28,30H,5-14,20,22-23H2,1-4H3. The van der Waals surface area contributed by atoms with E-state index in [4.69, 9.17) is 28.8 Å². The van der Waals surface area contributed by atoms with Crippen molar-refractivity contribution in [2.75, 3.05) is 31.6 Å². The number of carbonyl (C=O) groups is 2. The van der Waals surface area contributed by atoms with Crippen molar-refractivity contribution in [3.8, 4) is 17.0 Å². The van der Waals surface area contributed by atoms with Gasteiger partial charge < -0.3 is 18.8 Å². The number of rotatable bonds is 9. The largest absolute Gasteiger partial charge is 0.495 e. The Kier molecular flexibility index (Phi) is 9.18. The predicted octanol–water partition coefficient (Wildman–Crippen LogP) is 7.67. The highest BCUT2D eigenvalue weighted by Gasteiger charge is 2.40. The van der Waals surface area contributed by atoms with Crippen molar-refractivity contribution in [1.29, 1.82) is 0 Å². The molecule has 10 heteroatoms. The highest BCUT2D eigenvalue weighted by Crippen LogP contribution is 2.41. The van der Waals surface area contributed by atoms with E-state index < -0.39 is 0 Å². The van der Waals surface area contributed by atoms with Crippen molar-refractivity contribution in [2.45, 2.75) is 103 Å². The Morgan fingerprint density at radius 2 is 1.69 bits per heavy atom. The molecular weight excluding hydrogens is 606 g/mol. The lowest BCUT2D eigenvalue weighted by Gasteiger charge is -2.45. The number of anilines is 1. The van der Waals surface area contributed by atoms with Gasteiger partial charge in [0.05, 0.1) is 12.8 Å². The van der Waals surface area contributed by atoms with Gasteiger partial charge in [0.25, 0.3) is 0 Å². The molecule has 0 N–H and O–H groups in total. The number of ether oxygens (including phenoxy) is 2. The molecule has 0 atom stereocenters. The topological polar surface area (TPSA) is 111 Å². The minimum absolute atomic E-state index is 0.113. The number of aromatic nitrogens is 3. The summed E-state index contributed by atoms with van der Waals surface area (Å²) in [5.41, 5.74) is 3.90. The molecule has 7 rings (SSSR count). The summed E-state index contributed by atoms with van der Waals surface area (Å²) in [6.45, 7) is 8.40. The number of aryl methyl sites for hydroxylation is 1. The molecule has 256 valence electrons. The van der Waals surface area contributed by atoms with Crippen molar-refractivity contribution in [2.24, 2.45) is 17.3 Å². The van der Waals surface area contributed by atoms with Crippen LogP contribution in [0.25, 0.3) is 11.3 Å². The Hall–Kier alpha value is -3.95. The van der Waals surface area contributed by atoms with Gasteiger partial charge in [0.15, 0.2) is 5.89 Å². The monoisotopic (exact) mass is 655 g/mol. The van der Waals surface area contributed by atoms with E-state index >= 15 is 0 Å². The number of carbonyl (C=O) groups excluding carboxylic acids is 2. The fourth-order valence-electron chi connectivity index (χ4n) is 7.85. The van der Waals surface area contributed by atoms with Crippen molar-refractivity contribution in [3.05, 3.63) is 54.0 Å². The maximum Gasteiger partial charge on any atom is 0.410 e. The van der Waals surface area contributed by atoms with Gasteiger partial charge in [0.1, 0.15) is 29.6 Å². The van der Waals surface area contributed by atoms with E-state index in [0.29, 0.717) is 55.8 Å². The second kappa shape index (κ2) is 13.5. The van der Waals surface area contributed by atoms with Gasteiger partial charge in [-0.15, -0.1) is 0 Å². The molecule has 1 saturated heterocycles. The molecule has 4 heterocycles. The first-order chi connectivity index (χ1) is 23.2. The third-order valence-electron chi connectivity index (χ3n) is 10.8. The first kappa shape index (κ1) is 32.6. The molecular formula is C38H49N5O5. The molecule has 48 heavy (non-hydrogen) atoms. The van der Waals surface area contributed by atoms with Gasteiger partial charge in [0, 0.05) is 60.3 Å². The molecule has 0 aromatic carbocycles. The summed E-state index contributed by atoms with van der Waals surface area (Å²) in [5.74, 6) is 3.45. The number of hydrogen-bond donors (Lipinski definition) is 0. The van der Waals surface area contributed by atoms with Crippen molar-refractivity contribution < 1.29 is 23.5 Å². The fourth-order valence-corrected chi connectivity index (χ4v) is 7.85. The zero-order chi connectivity index (χ0) is 33.4. The lowest BCUT2D eigenvalue weighted by Crippen LogP contribution is -2.56. The van der Waals surface area contributed by atoms with Crippen molar-refractivity contribution >= 4 is 17.8 Å². The van der Waals surface area contributed by atoms with Gasteiger partial charge in [-0.25, -0.2) is 14.8 Å². The Bertz CT molecular complexity index is 1610. The van der Waals surface area contributed by atoms with E-state index in [0.717, 1.165) is 85.9 Å². The van der Waals surface area contributed by atoms with E-state index in [1.807, 2.05) is 30.0 Å². The van der Waals surface area contributed by atoms with Crippen LogP contribution in [-0.2, 0) is 9.53 Å². The number of oxazole rings is 1. The number of amides is 2. The summed E-state index contributed by atoms with van der Waals surface area (Å²) >= 11 is 0. The van der Waals surface area contributed by atoms with Crippen LogP contribution >= 0.6 is 0 Å². The Balaban J connectivity index is 1.03. The molecule has 3 aromatic rings. The lowest BCUT2D eigenvalue weighted by atomic mass is 9.79. The third kappa shape index (κ3) is 7.22. The molecule has 3 aromatic heterocycles. The maximum absolute atomic E-state index is 14.4. The number of likely N-dealkylation sites (tertiary alicyclic amines) is 1. The van der Waals surface area contributed by atoms with Gasteiger partial charge in [-0.3, -0.25) is 14.7 Å². The van der Waals surface area contributed by atoms with Gasteiger partial charge in [-0.05, 0) is 101 Å². The van der Waals surface area contributed by atoms with Crippen LogP contribution < -0.4 is 9.64 Å². The van der Waals surface area contributed by atoms with Gasteiger partial charge in [0.2, 0.25) is 5.91 Å². The SMILES string of the molecule is COc1ccc(C2CCC(CN(C(=O)C3CCC(OC(=O)N4CC(C)(C)C4)CC3)c3cc(-c4coc(C5CC5)n4)ccn3)CC2)nc1C. The molecule has 0 spiro atoms. The van der Waals surface area contributed by atoms with Gasteiger partial charge in [-0.2, -0.15) is 0 Å². The quantitative estimate of drug-likeness (QED) is 0.231. The van der Waals surface area contributed by atoms with Crippen LogP contribution in [0.2, 0.25) is 0 Å². The molecule has 0 bridgehead atoms. The van der Waals surface area contributed by atoms with Crippen LogP contribution in [0.1, 0.15) is 107 Å². The highest BCUT2D eigenvalue weighted by atomic mass is 16.6. The van der Waals surface area contributed by atoms with Crippen molar-refractivity contribution in [1.82, 2.24) is 19.9 Å². The average Bonchev–Trinajstić information content (AvgIpc) is 3.82. The van der Waals surface area contributed by atoms with Crippen LogP contribution in [-0.4, -0.2) is 64.7 Å². The van der Waals surface area contributed by atoms with E-state index in [2.05, 4.69) is 19.9 Å². The summed E-state index contributed by atoms with van der Waals surface area (Å²) in [6, 6.07) is 8.05. The average molecular weight is 656 g/mol. The fraction of sp³-hybridized carbons (Fsp3) is 0.605. The third-order valence-corrected chi connectivity index (χ3v) is 10.8. The van der Waals surface area contributed by atoms with Crippen LogP contribution in [0.5, 0.6) is 5.75 Å². The normalized spacial score (nSPS) is 25.2. The van der Waals surface area contributed by atoms with Crippen LogP contribution in [0, 0.1) is 24.2 Å². The molecule has 3 saturated carbocycles. The summed E-state index contributed by atoms with van der Waals surface area (Å²) in [6.07, 6.45) is 12.3. The van der Waals surface area contributed by atoms with E-state index in [-0.39, 0.29) is 29.4 Å². The molecule has 0 radical (unpaired) electrons.